The Morgan fingerprint density at radius 1 is 0.464 bits per heavy atom. The first-order chi connectivity index (χ1) is 13.6. The van der Waals surface area contributed by atoms with Crippen LogP contribution in [-0.2, 0) is 0 Å². The Kier molecular flexibility index (Phi) is 12.1. The third kappa shape index (κ3) is 7.21. The van der Waals surface area contributed by atoms with Crippen molar-refractivity contribution >= 4 is 0 Å². The lowest BCUT2D eigenvalue weighted by molar-refractivity contribution is 0.212. The van der Waals surface area contributed by atoms with Crippen LogP contribution in [0.3, 0.4) is 0 Å². The van der Waals surface area contributed by atoms with Gasteiger partial charge in [-0.25, -0.2) is 0 Å². The Bertz CT molecular complexity index is 464. The highest BCUT2D eigenvalue weighted by Crippen LogP contribution is 2.57. The standard InChI is InChI=1S/C22H38O6/c1-5-9-13-25-19-17(23)21(27-15-11-7-3)22(28-16-12-8-4)18(24)20(19)26-14-10-6-2/h23-24H,5-16H2,1-4H3. The summed E-state index contributed by atoms with van der Waals surface area (Å²) < 4.78 is 23.1. The summed E-state index contributed by atoms with van der Waals surface area (Å²) >= 11 is 0. The minimum Gasteiger partial charge on any atom is -0.501 e. The van der Waals surface area contributed by atoms with Crippen LogP contribution in [0.5, 0.6) is 34.5 Å². The number of phenols is 2. The second-order valence-corrected chi connectivity index (χ2v) is 6.82. The van der Waals surface area contributed by atoms with E-state index in [1.807, 2.05) is 0 Å². The van der Waals surface area contributed by atoms with Crippen LogP contribution in [0.2, 0.25) is 0 Å². The van der Waals surface area contributed by atoms with E-state index in [4.69, 9.17) is 18.9 Å². The van der Waals surface area contributed by atoms with Crippen molar-refractivity contribution in [3.05, 3.63) is 0 Å². The van der Waals surface area contributed by atoms with E-state index in [1.165, 1.54) is 0 Å². The van der Waals surface area contributed by atoms with Gasteiger partial charge in [-0.2, -0.15) is 0 Å². The quantitative estimate of drug-likeness (QED) is 0.270. The minimum absolute atomic E-state index is 0.122. The molecule has 0 saturated carbocycles. The molecule has 0 heterocycles. The highest BCUT2D eigenvalue weighted by Gasteiger charge is 2.29. The van der Waals surface area contributed by atoms with Crippen LogP contribution < -0.4 is 18.9 Å². The summed E-state index contributed by atoms with van der Waals surface area (Å²) in [4.78, 5) is 0. The fourth-order valence-corrected chi connectivity index (χ4v) is 2.45. The molecule has 0 radical (unpaired) electrons. The van der Waals surface area contributed by atoms with Gasteiger partial charge in [0.25, 0.3) is 0 Å². The average molecular weight is 399 g/mol. The van der Waals surface area contributed by atoms with Gasteiger partial charge >= 0.3 is 0 Å². The van der Waals surface area contributed by atoms with Gasteiger partial charge in [-0.15, -0.1) is 0 Å². The number of rotatable bonds is 16. The van der Waals surface area contributed by atoms with E-state index in [0.29, 0.717) is 26.4 Å². The number of hydrogen-bond acceptors (Lipinski definition) is 6. The number of benzene rings is 1. The summed E-state index contributed by atoms with van der Waals surface area (Å²) in [6.07, 6.45) is 7.14. The fourth-order valence-electron chi connectivity index (χ4n) is 2.45. The first kappa shape index (κ1) is 24.1. The lowest BCUT2D eigenvalue weighted by atomic mass is 10.2. The Hall–Kier alpha value is -1.98. The summed E-state index contributed by atoms with van der Waals surface area (Å²) in [6.45, 7) is 9.89. The van der Waals surface area contributed by atoms with Crippen LogP contribution in [0.4, 0.5) is 0 Å². The second-order valence-electron chi connectivity index (χ2n) is 6.82. The van der Waals surface area contributed by atoms with Crippen molar-refractivity contribution in [1.29, 1.82) is 0 Å². The molecule has 0 aliphatic carbocycles. The molecular formula is C22H38O6. The van der Waals surface area contributed by atoms with Crippen molar-refractivity contribution in [2.45, 2.75) is 79.1 Å². The molecule has 2 N–H and O–H groups in total. The van der Waals surface area contributed by atoms with Gasteiger partial charge in [0, 0.05) is 0 Å². The predicted octanol–water partition coefficient (Wildman–Crippen LogP) is 5.81. The summed E-state index contributed by atoms with van der Waals surface area (Å²) in [5.74, 6) is 0.131. The van der Waals surface area contributed by atoms with Crippen LogP contribution in [0.15, 0.2) is 0 Å². The second kappa shape index (κ2) is 14.1. The molecule has 0 saturated heterocycles. The molecule has 0 amide bonds. The molecule has 0 fully saturated rings. The van der Waals surface area contributed by atoms with Crippen molar-refractivity contribution in [3.8, 4) is 34.5 Å². The highest BCUT2D eigenvalue weighted by molar-refractivity contribution is 5.72. The van der Waals surface area contributed by atoms with Crippen LogP contribution >= 0.6 is 0 Å². The lowest BCUT2D eigenvalue weighted by Crippen LogP contribution is -2.07. The number of unbranched alkanes of at least 4 members (excludes halogenated alkanes) is 4. The zero-order valence-corrected chi connectivity index (χ0v) is 18.0. The Balaban J connectivity index is 3.30. The molecule has 0 unspecified atom stereocenters. The molecule has 162 valence electrons. The van der Waals surface area contributed by atoms with Gasteiger partial charge in [-0.1, -0.05) is 53.4 Å². The fraction of sp³-hybridized carbons (Fsp3) is 0.727. The van der Waals surface area contributed by atoms with Crippen molar-refractivity contribution in [3.63, 3.8) is 0 Å². The SMILES string of the molecule is CCCCOc1c(O)c(OCCCC)c(OCCCC)c(O)c1OCCCC. The summed E-state index contributed by atoms with van der Waals surface area (Å²) in [5.41, 5.74) is 0. The summed E-state index contributed by atoms with van der Waals surface area (Å²) in [7, 11) is 0. The van der Waals surface area contributed by atoms with Crippen molar-refractivity contribution < 1.29 is 29.2 Å². The topological polar surface area (TPSA) is 77.4 Å². The number of aromatic hydroxyl groups is 2. The number of ether oxygens (including phenoxy) is 4. The number of hydrogen-bond donors (Lipinski definition) is 2. The Labute approximate surface area is 169 Å². The zero-order valence-electron chi connectivity index (χ0n) is 18.0. The summed E-state index contributed by atoms with van der Waals surface area (Å²) in [5, 5.41) is 21.7. The molecule has 6 nitrogen and oxygen atoms in total. The molecule has 0 atom stereocenters. The van der Waals surface area contributed by atoms with E-state index >= 15 is 0 Å². The van der Waals surface area contributed by atoms with E-state index in [9.17, 15) is 10.2 Å². The van der Waals surface area contributed by atoms with E-state index < -0.39 is 0 Å². The zero-order chi connectivity index (χ0) is 20.8. The molecule has 0 bridgehead atoms. The average Bonchev–Trinajstić information content (AvgIpc) is 2.69. The highest BCUT2D eigenvalue weighted by atomic mass is 16.6. The van der Waals surface area contributed by atoms with Gasteiger partial charge < -0.3 is 29.2 Å². The maximum Gasteiger partial charge on any atom is 0.211 e. The number of phenolic OH excluding ortho intramolecular Hbond substituents is 2. The third-order valence-corrected chi connectivity index (χ3v) is 4.25. The van der Waals surface area contributed by atoms with Crippen LogP contribution in [0, 0.1) is 0 Å². The maximum atomic E-state index is 10.9. The van der Waals surface area contributed by atoms with Gasteiger partial charge in [0.1, 0.15) is 0 Å². The minimum atomic E-state index is -0.178. The van der Waals surface area contributed by atoms with E-state index in [2.05, 4.69) is 27.7 Å². The van der Waals surface area contributed by atoms with Crippen molar-refractivity contribution in [1.82, 2.24) is 0 Å². The molecule has 6 heteroatoms. The van der Waals surface area contributed by atoms with Gasteiger partial charge in [-0.05, 0) is 25.7 Å². The monoisotopic (exact) mass is 398 g/mol. The molecule has 1 aromatic rings. The van der Waals surface area contributed by atoms with Crippen molar-refractivity contribution in [2.24, 2.45) is 0 Å². The normalized spacial score (nSPS) is 10.7. The molecule has 0 spiro atoms. The molecular weight excluding hydrogens is 360 g/mol. The molecule has 1 rings (SSSR count). The smallest absolute Gasteiger partial charge is 0.211 e. The van der Waals surface area contributed by atoms with Gasteiger partial charge in [0.2, 0.25) is 34.5 Å². The van der Waals surface area contributed by atoms with Crippen molar-refractivity contribution in [2.75, 3.05) is 26.4 Å². The largest absolute Gasteiger partial charge is 0.501 e. The maximum absolute atomic E-state index is 10.9. The molecule has 0 aliphatic heterocycles. The van der Waals surface area contributed by atoms with Crippen LogP contribution in [0.25, 0.3) is 0 Å². The molecule has 1 aromatic carbocycles. The van der Waals surface area contributed by atoms with Gasteiger partial charge in [-0.3, -0.25) is 0 Å². The summed E-state index contributed by atoms with van der Waals surface area (Å²) in [6, 6.07) is 0. The van der Waals surface area contributed by atoms with Gasteiger partial charge in [0.05, 0.1) is 26.4 Å². The van der Waals surface area contributed by atoms with E-state index in [1.54, 1.807) is 0 Å². The van der Waals surface area contributed by atoms with E-state index in [-0.39, 0.29) is 34.5 Å². The first-order valence-electron chi connectivity index (χ1n) is 10.7. The predicted molar refractivity (Wildman–Crippen MR) is 111 cm³/mol. The molecule has 28 heavy (non-hydrogen) atoms. The van der Waals surface area contributed by atoms with E-state index in [0.717, 1.165) is 51.4 Å². The first-order valence-corrected chi connectivity index (χ1v) is 10.7. The molecule has 0 aromatic heterocycles. The molecule has 0 aliphatic rings. The Morgan fingerprint density at radius 2 is 0.679 bits per heavy atom. The van der Waals surface area contributed by atoms with Crippen LogP contribution in [-0.4, -0.2) is 36.6 Å². The third-order valence-electron chi connectivity index (χ3n) is 4.25. The van der Waals surface area contributed by atoms with Gasteiger partial charge in [0.15, 0.2) is 0 Å². The lowest BCUT2D eigenvalue weighted by Gasteiger charge is -2.21. The Morgan fingerprint density at radius 3 is 0.857 bits per heavy atom. The van der Waals surface area contributed by atoms with Crippen LogP contribution in [0.1, 0.15) is 79.1 Å².